The molecule has 170 valence electrons. The Bertz CT molecular complexity index is 920. The quantitative estimate of drug-likeness (QED) is 0.342. The van der Waals surface area contributed by atoms with Crippen LogP contribution in [0.4, 0.5) is 0 Å². The summed E-state index contributed by atoms with van der Waals surface area (Å²) in [5.41, 5.74) is 3.46. The summed E-state index contributed by atoms with van der Waals surface area (Å²) >= 11 is 0. The number of carbonyl (C=O) groups excluding carboxylic acids is 2. The number of rotatable bonds is 12. The molecule has 3 aromatic rings. The van der Waals surface area contributed by atoms with E-state index in [1.165, 1.54) is 9.46 Å². The van der Waals surface area contributed by atoms with Crippen LogP contribution in [0.3, 0.4) is 0 Å². The molecule has 0 bridgehead atoms. The molecule has 0 saturated heterocycles. The fourth-order valence-corrected chi connectivity index (χ4v) is 3.50. The molecule has 0 N–H and O–H groups in total. The molecule has 0 amide bonds. The summed E-state index contributed by atoms with van der Waals surface area (Å²) in [7, 11) is 0. The summed E-state index contributed by atoms with van der Waals surface area (Å²) in [6.07, 6.45) is 10.2. The van der Waals surface area contributed by atoms with Crippen LogP contribution in [-0.2, 0) is 9.59 Å². The Labute approximate surface area is 189 Å². The summed E-state index contributed by atoms with van der Waals surface area (Å²) in [6, 6.07) is 15.4. The maximum atomic E-state index is 12.1. The first-order chi connectivity index (χ1) is 15.6. The van der Waals surface area contributed by atoms with E-state index in [2.05, 4.69) is 13.8 Å². The van der Waals surface area contributed by atoms with Crippen molar-refractivity contribution in [1.82, 2.24) is 9.46 Å². The summed E-state index contributed by atoms with van der Waals surface area (Å²) in [5, 5.41) is 0. The largest absolute Gasteiger partial charge is 0.337 e. The average Bonchev–Trinajstić information content (AvgIpc) is 3.44. The van der Waals surface area contributed by atoms with Crippen LogP contribution in [0.1, 0.15) is 65.2 Å². The Kier molecular flexibility index (Phi) is 8.72. The van der Waals surface area contributed by atoms with E-state index in [0.717, 1.165) is 61.0 Å². The third kappa shape index (κ3) is 6.36. The molecule has 0 aliphatic rings. The van der Waals surface area contributed by atoms with E-state index in [9.17, 15) is 9.59 Å². The molecule has 6 heteroatoms. The molecule has 0 unspecified atom stereocenters. The van der Waals surface area contributed by atoms with Crippen molar-refractivity contribution in [1.29, 1.82) is 0 Å². The van der Waals surface area contributed by atoms with Gasteiger partial charge in [-0.3, -0.25) is 0 Å². The Morgan fingerprint density at radius 1 is 0.656 bits per heavy atom. The van der Waals surface area contributed by atoms with Gasteiger partial charge >= 0.3 is 11.9 Å². The molecular formula is C26H32N2O4. The zero-order valence-corrected chi connectivity index (χ0v) is 19.0. The van der Waals surface area contributed by atoms with Gasteiger partial charge in [0.15, 0.2) is 0 Å². The lowest BCUT2D eigenvalue weighted by atomic mass is 10.1. The maximum absolute atomic E-state index is 12.1. The Morgan fingerprint density at radius 3 is 1.44 bits per heavy atom. The molecule has 2 aromatic heterocycles. The van der Waals surface area contributed by atoms with Crippen LogP contribution in [0.15, 0.2) is 60.9 Å². The van der Waals surface area contributed by atoms with E-state index >= 15 is 0 Å². The zero-order chi connectivity index (χ0) is 22.8. The summed E-state index contributed by atoms with van der Waals surface area (Å²) in [6.45, 7) is 4.21. The maximum Gasteiger partial charge on any atom is 0.332 e. The van der Waals surface area contributed by atoms with E-state index in [1.807, 2.05) is 48.5 Å². The number of nitrogens with zero attached hydrogens (tertiary/aromatic N) is 2. The lowest BCUT2D eigenvalue weighted by molar-refractivity contribution is -0.145. The molecule has 0 radical (unpaired) electrons. The Hall–Kier alpha value is -3.28. The highest BCUT2D eigenvalue weighted by Gasteiger charge is 2.12. The molecule has 1 aromatic carbocycles. The van der Waals surface area contributed by atoms with E-state index < -0.39 is 0 Å². The highest BCUT2D eigenvalue weighted by molar-refractivity contribution is 5.72. The van der Waals surface area contributed by atoms with Gasteiger partial charge in [-0.25, -0.2) is 9.59 Å². The molecule has 3 rings (SSSR count). The fraction of sp³-hybridized carbons (Fsp3) is 0.385. The number of carbonyl (C=O) groups is 2. The van der Waals surface area contributed by atoms with Gasteiger partial charge in [0, 0.05) is 36.4 Å². The standard InChI is InChI=1S/C26H32N2O4/c1-3-5-7-13-25(29)31-27-19-9-11-23(27)21-15-17-22(18-16-21)24-12-10-20-28(24)32-26(30)14-8-6-4-2/h9-12,15-20H,3-8,13-14H2,1-2H3. The number of aromatic nitrogens is 2. The lowest BCUT2D eigenvalue weighted by Gasteiger charge is -2.11. The van der Waals surface area contributed by atoms with Crippen molar-refractivity contribution in [2.45, 2.75) is 65.2 Å². The summed E-state index contributed by atoms with van der Waals surface area (Å²) < 4.78 is 3.04. The minimum Gasteiger partial charge on any atom is -0.337 e. The summed E-state index contributed by atoms with van der Waals surface area (Å²) in [4.78, 5) is 35.2. The minimum absolute atomic E-state index is 0.230. The normalized spacial score (nSPS) is 10.8. The molecule has 0 spiro atoms. The predicted octanol–water partition coefficient (Wildman–Crippen LogP) is 5.69. The highest BCUT2D eigenvalue weighted by Crippen LogP contribution is 2.25. The topological polar surface area (TPSA) is 62.5 Å². The van der Waals surface area contributed by atoms with Crippen molar-refractivity contribution < 1.29 is 19.3 Å². The van der Waals surface area contributed by atoms with Gasteiger partial charge in [-0.15, -0.1) is 0 Å². The Balaban J connectivity index is 1.67. The van der Waals surface area contributed by atoms with Crippen LogP contribution in [0, 0.1) is 0 Å². The Morgan fingerprint density at radius 2 is 1.06 bits per heavy atom. The van der Waals surface area contributed by atoms with Gasteiger partial charge in [0.25, 0.3) is 0 Å². The van der Waals surface area contributed by atoms with Crippen molar-refractivity contribution in [3.8, 4) is 22.5 Å². The molecule has 0 aliphatic carbocycles. The molecule has 0 aliphatic heterocycles. The van der Waals surface area contributed by atoms with Crippen molar-refractivity contribution in [2.75, 3.05) is 0 Å². The average molecular weight is 437 g/mol. The summed E-state index contributed by atoms with van der Waals surface area (Å²) in [5.74, 6) is -0.461. The van der Waals surface area contributed by atoms with Crippen LogP contribution in [0.5, 0.6) is 0 Å². The second kappa shape index (κ2) is 11.9. The van der Waals surface area contributed by atoms with E-state index in [1.54, 1.807) is 12.4 Å². The first-order valence-electron chi connectivity index (χ1n) is 11.5. The van der Waals surface area contributed by atoms with Crippen LogP contribution < -0.4 is 9.68 Å². The molecule has 2 heterocycles. The third-order valence-electron chi connectivity index (χ3n) is 5.27. The molecule has 0 atom stereocenters. The van der Waals surface area contributed by atoms with E-state index in [0.29, 0.717) is 12.8 Å². The van der Waals surface area contributed by atoms with Crippen LogP contribution in [0.25, 0.3) is 22.5 Å². The molecule has 32 heavy (non-hydrogen) atoms. The lowest BCUT2D eigenvalue weighted by Crippen LogP contribution is -2.19. The minimum atomic E-state index is -0.230. The second-order valence-electron chi connectivity index (χ2n) is 7.86. The number of benzene rings is 1. The van der Waals surface area contributed by atoms with Crippen LogP contribution in [0.2, 0.25) is 0 Å². The van der Waals surface area contributed by atoms with Gasteiger partial charge < -0.3 is 9.68 Å². The fourth-order valence-electron chi connectivity index (χ4n) is 3.50. The molecule has 0 fully saturated rings. The van der Waals surface area contributed by atoms with Crippen molar-refractivity contribution in [3.05, 3.63) is 60.9 Å². The first-order valence-corrected chi connectivity index (χ1v) is 11.5. The van der Waals surface area contributed by atoms with Gasteiger partial charge in [0.2, 0.25) is 0 Å². The second-order valence-corrected chi connectivity index (χ2v) is 7.86. The van der Waals surface area contributed by atoms with Crippen molar-refractivity contribution in [2.24, 2.45) is 0 Å². The molecule has 6 nitrogen and oxygen atoms in total. The van der Waals surface area contributed by atoms with E-state index in [4.69, 9.17) is 9.68 Å². The van der Waals surface area contributed by atoms with E-state index in [-0.39, 0.29) is 11.9 Å². The number of hydrogen-bond donors (Lipinski definition) is 0. The first kappa shape index (κ1) is 23.4. The van der Waals surface area contributed by atoms with Gasteiger partial charge in [0.05, 0.1) is 11.4 Å². The SMILES string of the molecule is CCCCCC(=O)On1cccc1-c1ccc(-c2cccn2OC(=O)CCCCC)cc1. The smallest absolute Gasteiger partial charge is 0.332 e. The van der Waals surface area contributed by atoms with Crippen molar-refractivity contribution >= 4 is 11.9 Å². The van der Waals surface area contributed by atoms with Gasteiger partial charge in [-0.1, -0.05) is 63.8 Å². The monoisotopic (exact) mass is 436 g/mol. The predicted molar refractivity (Wildman–Crippen MR) is 125 cm³/mol. The number of hydrogen-bond acceptors (Lipinski definition) is 4. The zero-order valence-electron chi connectivity index (χ0n) is 19.0. The molecule has 0 saturated carbocycles. The highest BCUT2D eigenvalue weighted by atomic mass is 16.7. The van der Waals surface area contributed by atoms with Gasteiger partial charge in [0.1, 0.15) is 0 Å². The number of unbranched alkanes of at least 4 members (excludes halogenated alkanes) is 4. The third-order valence-corrected chi connectivity index (χ3v) is 5.27. The van der Waals surface area contributed by atoms with Gasteiger partial charge in [-0.05, 0) is 37.1 Å². The van der Waals surface area contributed by atoms with Crippen molar-refractivity contribution in [3.63, 3.8) is 0 Å². The van der Waals surface area contributed by atoms with Crippen LogP contribution in [-0.4, -0.2) is 21.4 Å². The van der Waals surface area contributed by atoms with Gasteiger partial charge in [-0.2, -0.15) is 9.46 Å². The molecular weight excluding hydrogens is 404 g/mol. The van der Waals surface area contributed by atoms with Crippen LogP contribution >= 0.6 is 0 Å².